The van der Waals surface area contributed by atoms with Crippen molar-refractivity contribution in [2.24, 2.45) is 0 Å². The van der Waals surface area contributed by atoms with E-state index in [9.17, 15) is 19.5 Å². The number of carboxylic acid groups (broad SMARTS) is 1. The number of carbonyl (C=O) groups is 3. The Morgan fingerprint density at radius 3 is 2.74 bits per heavy atom. The Hall–Kier alpha value is -1.79. The highest BCUT2D eigenvalue weighted by atomic mass is 35.5. The van der Waals surface area contributed by atoms with Crippen LogP contribution in [-0.2, 0) is 14.4 Å². The number of amides is 1. The molecule has 7 heteroatoms. The Bertz CT molecular complexity index is 603. The number of aliphatic carboxylic acids is 1. The Morgan fingerprint density at radius 1 is 1.43 bits per heavy atom. The fraction of sp³-hybridized carbons (Fsp3) is 0.312. The first-order chi connectivity index (χ1) is 11.0. The molecule has 0 aromatic heterocycles. The zero-order valence-corrected chi connectivity index (χ0v) is 14.2. The SMILES string of the molecule is CCC(SCCNC=O)C(=O)/C(=C/c1cccc(Cl)c1)C(=O)O. The van der Waals surface area contributed by atoms with E-state index in [1.807, 2.05) is 6.92 Å². The van der Waals surface area contributed by atoms with E-state index >= 15 is 0 Å². The summed E-state index contributed by atoms with van der Waals surface area (Å²) < 4.78 is 0. The predicted molar refractivity (Wildman–Crippen MR) is 92.7 cm³/mol. The first kappa shape index (κ1) is 19.3. The molecule has 1 aromatic rings. The molecular formula is C16H18ClNO4S. The number of Topliss-reactive ketones (excluding diaryl/α,β-unsaturated/α-hetero) is 1. The predicted octanol–water partition coefficient (Wildman–Crippen LogP) is 2.63. The van der Waals surface area contributed by atoms with Crippen LogP contribution in [0.3, 0.4) is 0 Å². The monoisotopic (exact) mass is 355 g/mol. The molecule has 0 aliphatic rings. The van der Waals surface area contributed by atoms with E-state index in [0.717, 1.165) is 0 Å². The lowest BCUT2D eigenvalue weighted by Gasteiger charge is -2.13. The number of carbonyl (C=O) groups excluding carboxylic acids is 2. The van der Waals surface area contributed by atoms with Crippen LogP contribution in [0.4, 0.5) is 0 Å². The molecule has 0 bridgehead atoms. The van der Waals surface area contributed by atoms with Crippen molar-refractivity contribution in [1.29, 1.82) is 0 Å². The molecule has 1 amide bonds. The first-order valence-electron chi connectivity index (χ1n) is 7.03. The van der Waals surface area contributed by atoms with Crippen molar-refractivity contribution in [2.45, 2.75) is 18.6 Å². The first-order valence-corrected chi connectivity index (χ1v) is 8.45. The van der Waals surface area contributed by atoms with Crippen molar-refractivity contribution in [2.75, 3.05) is 12.3 Å². The van der Waals surface area contributed by atoms with Gasteiger partial charge < -0.3 is 10.4 Å². The molecule has 1 unspecified atom stereocenters. The number of ketones is 1. The van der Waals surface area contributed by atoms with E-state index in [4.69, 9.17) is 11.6 Å². The molecule has 1 aromatic carbocycles. The van der Waals surface area contributed by atoms with Crippen molar-refractivity contribution in [3.8, 4) is 0 Å². The van der Waals surface area contributed by atoms with Crippen LogP contribution in [0.2, 0.25) is 5.02 Å². The van der Waals surface area contributed by atoms with E-state index in [2.05, 4.69) is 5.32 Å². The van der Waals surface area contributed by atoms with Gasteiger partial charge in [0.15, 0.2) is 5.78 Å². The maximum absolute atomic E-state index is 12.5. The van der Waals surface area contributed by atoms with E-state index in [1.165, 1.54) is 17.8 Å². The maximum Gasteiger partial charge on any atom is 0.339 e. The molecule has 0 aliphatic heterocycles. The second-order valence-electron chi connectivity index (χ2n) is 4.62. The van der Waals surface area contributed by atoms with Crippen LogP contribution in [0.25, 0.3) is 6.08 Å². The van der Waals surface area contributed by atoms with Gasteiger partial charge in [0.1, 0.15) is 5.57 Å². The lowest BCUT2D eigenvalue weighted by Crippen LogP contribution is -2.25. The molecule has 0 heterocycles. The van der Waals surface area contributed by atoms with Crippen molar-refractivity contribution < 1.29 is 19.5 Å². The van der Waals surface area contributed by atoms with E-state index in [1.54, 1.807) is 24.3 Å². The topological polar surface area (TPSA) is 83.5 Å². The molecule has 5 nitrogen and oxygen atoms in total. The summed E-state index contributed by atoms with van der Waals surface area (Å²) in [5.41, 5.74) is 0.292. The minimum absolute atomic E-state index is 0.269. The Balaban J connectivity index is 2.92. The quantitative estimate of drug-likeness (QED) is 0.221. The summed E-state index contributed by atoms with van der Waals surface area (Å²) in [6, 6.07) is 6.64. The van der Waals surface area contributed by atoms with Crippen LogP contribution in [0.15, 0.2) is 29.8 Å². The van der Waals surface area contributed by atoms with Crippen molar-refractivity contribution in [3.05, 3.63) is 40.4 Å². The normalized spacial score (nSPS) is 12.5. The number of nitrogens with one attached hydrogen (secondary N) is 1. The highest BCUT2D eigenvalue weighted by molar-refractivity contribution is 8.00. The average Bonchev–Trinajstić information content (AvgIpc) is 2.52. The standard InChI is InChI=1S/C16H18ClNO4S/c1-2-14(23-7-6-18-10-19)15(20)13(16(21)22)9-11-4-3-5-12(17)8-11/h3-5,8-10,14H,2,6-7H2,1H3,(H,18,19)(H,21,22)/b13-9-. The third kappa shape index (κ3) is 6.46. The molecule has 0 radical (unpaired) electrons. The minimum Gasteiger partial charge on any atom is -0.478 e. The van der Waals surface area contributed by atoms with Gasteiger partial charge in [0.05, 0.1) is 5.25 Å². The number of hydrogen-bond acceptors (Lipinski definition) is 4. The van der Waals surface area contributed by atoms with Crippen LogP contribution >= 0.6 is 23.4 Å². The minimum atomic E-state index is -1.26. The lowest BCUT2D eigenvalue weighted by atomic mass is 10.0. The lowest BCUT2D eigenvalue weighted by molar-refractivity contribution is -0.134. The van der Waals surface area contributed by atoms with Crippen LogP contribution in [0.5, 0.6) is 0 Å². The Morgan fingerprint density at radius 2 is 2.17 bits per heavy atom. The fourth-order valence-electron chi connectivity index (χ4n) is 1.87. The zero-order valence-electron chi connectivity index (χ0n) is 12.6. The Labute approximate surface area is 144 Å². The van der Waals surface area contributed by atoms with Gasteiger partial charge in [-0.15, -0.1) is 11.8 Å². The van der Waals surface area contributed by atoms with Crippen molar-refractivity contribution in [1.82, 2.24) is 5.32 Å². The molecule has 1 rings (SSSR count). The van der Waals surface area contributed by atoms with Gasteiger partial charge in [-0.25, -0.2) is 4.79 Å². The highest BCUT2D eigenvalue weighted by Crippen LogP contribution is 2.21. The van der Waals surface area contributed by atoms with Crippen LogP contribution in [-0.4, -0.2) is 40.8 Å². The smallest absolute Gasteiger partial charge is 0.339 e. The van der Waals surface area contributed by atoms with Gasteiger partial charge in [0.2, 0.25) is 6.41 Å². The van der Waals surface area contributed by atoms with Crippen LogP contribution in [0, 0.1) is 0 Å². The van der Waals surface area contributed by atoms with Crippen molar-refractivity contribution >= 4 is 47.6 Å². The number of benzene rings is 1. The van der Waals surface area contributed by atoms with Gasteiger partial charge in [-0.2, -0.15) is 0 Å². The molecule has 0 saturated heterocycles. The Kier molecular flexibility index (Phi) is 8.43. The van der Waals surface area contributed by atoms with Gasteiger partial charge in [-0.1, -0.05) is 30.7 Å². The second kappa shape index (κ2) is 10.1. The van der Waals surface area contributed by atoms with Gasteiger partial charge in [-0.3, -0.25) is 9.59 Å². The van der Waals surface area contributed by atoms with Gasteiger partial charge >= 0.3 is 5.97 Å². The van der Waals surface area contributed by atoms with Crippen LogP contribution in [0.1, 0.15) is 18.9 Å². The van der Waals surface area contributed by atoms with Gasteiger partial charge in [-0.05, 0) is 30.2 Å². The summed E-state index contributed by atoms with van der Waals surface area (Å²) >= 11 is 7.20. The molecule has 23 heavy (non-hydrogen) atoms. The summed E-state index contributed by atoms with van der Waals surface area (Å²) in [6.07, 6.45) is 2.43. The maximum atomic E-state index is 12.5. The molecular weight excluding hydrogens is 338 g/mol. The molecule has 1 atom stereocenters. The summed E-state index contributed by atoms with van der Waals surface area (Å²) in [5, 5.41) is 11.8. The molecule has 0 saturated carbocycles. The third-order valence-electron chi connectivity index (χ3n) is 2.97. The molecule has 0 fully saturated rings. The summed E-state index contributed by atoms with van der Waals surface area (Å²) in [5.74, 6) is -1.16. The number of thioether (sulfide) groups is 1. The van der Waals surface area contributed by atoms with Gasteiger partial charge in [0, 0.05) is 17.3 Å². The highest BCUT2D eigenvalue weighted by Gasteiger charge is 2.25. The third-order valence-corrected chi connectivity index (χ3v) is 4.59. The molecule has 2 N–H and O–H groups in total. The summed E-state index contributed by atoms with van der Waals surface area (Å²) in [7, 11) is 0. The summed E-state index contributed by atoms with van der Waals surface area (Å²) in [4.78, 5) is 34.1. The second-order valence-corrected chi connectivity index (χ2v) is 6.37. The number of rotatable bonds is 10. The zero-order chi connectivity index (χ0) is 17.2. The van der Waals surface area contributed by atoms with E-state index in [0.29, 0.717) is 35.7 Å². The molecule has 0 aliphatic carbocycles. The van der Waals surface area contributed by atoms with E-state index in [-0.39, 0.29) is 5.57 Å². The largest absolute Gasteiger partial charge is 0.478 e. The van der Waals surface area contributed by atoms with Gasteiger partial charge in [0.25, 0.3) is 0 Å². The van der Waals surface area contributed by atoms with Crippen LogP contribution < -0.4 is 5.32 Å². The average molecular weight is 356 g/mol. The molecule has 0 spiro atoms. The fourth-order valence-corrected chi connectivity index (χ4v) is 3.11. The number of halogens is 1. The molecule has 124 valence electrons. The summed E-state index contributed by atoms with van der Waals surface area (Å²) in [6.45, 7) is 2.25. The van der Waals surface area contributed by atoms with E-state index < -0.39 is 17.0 Å². The number of carboxylic acids is 1. The number of hydrogen-bond donors (Lipinski definition) is 2. The van der Waals surface area contributed by atoms with Crippen molar-refractivity contribution in [3.63, 3.8) is 0 Å².